The molecule has 0 radical (unpaired) electrons. The van der Waals surface area contributed by atoms with E-state index < -0.39 is 10.7 Å². The predicted octanol–water partition coefficient (Wildman–Crippen LogP) is 1.69. The molecule has 126 valence electrons. The number of nitrogen functional groups attached to an aromatic ring is 1. The minimum atomic E-state index is -0.618. The normalized spacial score (nSPS) is 14.5. The third kappa shape index (κ3) is 3.18. The van der Waals surface area contributed by atoms with Gasteiger partial charge in [0.05, 0.1) is 23.8 Å². The van der Waals surface area contributed by atoms with Crippen LogP contribution in [-0.2, 0) is 4.74 Å². The summed E-state index contributed by atoms with van der Waals surface area (Å²) in [5.41, 5.74) is 5.52. The lowest BCUT2D eigenvalue weighted by Gasteiger charge is -2.27. The first kappa shape index (κ1) is 15.9. The van der Waals surface area contributed by atoms with Crippen LogP contribution in [0.5, 0.6) is 0 Å². The van der Waals surface area contributed by atoms with Crippen molar-refractivity contribution < 1.29 is 14.1 Å². The lowest BCUT2D eigenvalue weighted by atomic mass is 10.3. The zero-order valence-electron chi connectivity index (χ0n) is 12.6. The molecule has 1 aliphatic heterocycles. The molecule has 2 heterocycles. The summed E-state index contributed by atoms with van der Waals surface area (Å²) in [4.78, 5) is 20.4. The molecule has 3 N–H and O–H groups in total. The molecular formula is C14H15FN6O3. The number of benzene rings is 1. The van der Waals surface area contributed by atoms with Crippen LogP contribution in [0, 0.1) is 15.9 Å². The number of nitrogens with two attached hydrogens (primary N) is 1. The van der Waals surface area contributed by atoms with Gasteiger partial charge in [-0.15, -0.1) is 0 Å². The number of para-hydroxylation sites is 1. The summed E-state index contributed by atoms with van der Waals surface area (Å²) in [5.74, 6) is -0.694. The van der Waals surface area contributed by atoms with Gasteiger partial charge in [-0.3, -0.25) is 10.1 Å². The van der Waals surface area contributed by atoms with Gasteiger partial charge in [0.2, 0.25) is 17.6 Å². The smallest absolute Gasteiger partial charge is 0.353 e. The molecule has 24 heavy (non-hydrogen) atoms. The van der Waals surface area contributed by atoms with Gasteiger partial charge in [-0.25, -0.2) is 4.39 Å². The fourth-order valence-electron chi connectivity index (χ4n) is 2.37. The van der Waals surface area contributed by atoms with Crippen molar-refractivity contribution in [1.82, 2.24) is 9.97 Å². The second-order valence-electron chi connectivity index (χ2n) is 5.07. The third-order valence-electron chi connectivity index (χ3n) is 3.51. The molecule has 0 unspecified atom stereocenters. The van der Waals surface area contributed by atoms with Crippen molar-refractivity contribution in [1.29, 1.82) is 0 Å². The molecule has 2 aromatic rings. The van der Waals surface area contributed by atoms with Crippen molar-refractivity contribution in [3.63, 3.8) is 0 Å². The SMILES string of the molecule is Nc1nc(Nc2ccccc2F)nc(N2CCOCC2)c1[N+](=O)[O-]. The summed E-state index contributed by atoms with van der Waals surface area (Å²) in [5, 5.41) is 14.0. The number of hydrogen-bond donors (Lipinski definition) is 2. The molecule has 1 aromatic carbocycles. The van der Waals surface area contributed by atoms with Crippen LogP contribution in [0.1, 0.15) is 0 Å². The van der Waals surface area contributed by atoms with E-state index in [2.05, 4.69) is 15.3 Å². The Hall–Kier alpha value is -3.01. The summed E-state index contributed by atoms with van der Waals surface area (Å²) in [6, 6.07) is 5.97. The fraction of sp³-hybridized carbons (Fsp3) is 0.286. The highest BCUT2D eigenvalue weighted by Crippen LogP contribution is 2.33. The van der Waals surface area contributed by atoms with E-state index in [-0.39, 0.29) is 29.0 Å². The molecule has 1 fully saturated rings. The molecule has 0 atom stereocenters. The second-order valence-corrected chi connectivity index (χ2v) is 5.07. The Balaban J connectivity index is 2.00. The number of nitrogens with zero attached hydrogens (tertiary/aromatic N) is 4. The van der Waals surface area contributed by atoms with E-state index in [1.54, 1.807) is 17.0 Å². The van der Waals surface area contributed by atoms with E-state index in [1.165, 1.54) is 12.1 Å². The summed E-state index contributed by atoms with van der Waals surface area (Å²) in [6.07, 6.45) is 0. The Bertz CT molecular complexity index is 766. The number of hydrogen-bond acceptors (Lipinski definition) is 8. The lowest BCUT2D eigenvalue weighted by Crippen LogP contribution is -2.37. The third-order valence-corrected chi connectivity index (χ3v) is 3.51. The molecule has 10 heteroatoms. The number of aromatic nitrogens is 2. The molecule has 9 nitrogen and oxygen atoms in total. The van der Waals surface area contributed by atoms with E-state index in [0.717, 1.165) is 0 Å². The molecule has 0 amide bonds. The minimum Gasteiger partial charge on any atom is -0.378 e. The minimum absolute atomic E-state index is 0.00954. The molecule has 0 aliphatic carbocycles. The molecule has 1 aromatic heterocycles. The van der Waals surface area contributed by atoms with Crippen molar-refractivity contribution in [2.24, 2.45) is 0 Å². The topological polar surface area (TPSA) is 119 Å². The summed E-state index contributed by atoms with van der Waals surface area (Å²) in [7, 11) is 0. The molecule has 1 saturated heterocycles. The Morgan fingerprint density at radius 3 is 2.67 bits per heavy atom. The van der Waals surface area contributed by atoms with Gasteiger partial charge in [0, 0.05) is 13.1 Å². The predicted molar refractivity (Wildman–Crippen MR) is 85.8 cm³/mol. The highest BCUT2D eigenvalue weighted by atomic mass is 19.1. The Morgan fingerprint density at radius 1 is 1.29 bits per heavy atom. The number of rotatable bonds is 4. The molecule has 0 saturated carbocycles. The van der Waals surface area contributed by atoms with E-state index in [0.29, 0.717) is 26.3 Å². The quantitative estimate of drug-likeness (QED) is 0.640. The molecular weight excluding hydrogens is 319 g/mol. The van der Waals surface area contributed by atoms with Gasteiger partial charge in [0.25, 0.3) is 0 Å². The molecule has 1 aliphatic rings. The van der Waals surface area contributed by atoms with Gasteiger partial charge in [0.1, 0.15) is 5.82 Å². The zero-order chi connectivity index (χ0) is 17.1. The zero-order valence-corrected chi connectivity index (χ0v) is 12.6. The van der Waals surface area contributed by atoms with Crippen LogP contribution in [0.15, 0.2) is 24.3 Å². The maximum absolute atomic E-state index is 13.8. The second kappa shape index (κ2) is 6.62. The van der Waals surface area contributed by atoms with Crippen molar-refractivity contribution in [3.8, 4) is 0 Å². The number of morpholine rings is 1. The van der Waals surface area contributed by atoms with E-state index >= 15 is 0 Å². The largest absolute Gasteiger partial charge is 0.378 e. The molecule has 0 spiro atoms. The number of nitro groups is 1. The number of nitrogens with one attached hydrogen (secondary N) is 1. The Kier molecular flexibility index (Phi) is 4.38. The first-order valence-corrected chi connectivity index (χ1v) is 7.22. The van der Waals surface area contributed by atoms with Gasteiger partial charge in [0.15, 0.2) is 0 Å². The van der Waals surface area contributed by atoms with Crippen LogP contribution in [0.3, 0.4) is 0 Å². The van der Waals surface area contributed by atoms with Gasteiger partial charge in [-0.1, -0.05) is 12.1 Å². The van der Waals surface area contributed by atoms with Gasteiger partial charge < -0.3 is 20.7 Å². The summed E-state index contributed by atoms with van der Waals surface area (Å²) in [6.45, 7) is 1.74. The van der Waals surface area contributed by atoms with Crippen molar-refractivity contribution in [3.05, 3.63) is 40.2 Å². The maximum atomic E-state index is 13.8. The monoisotopic (exact) mass is 334 g/mol. The van der Waals surface area contributed by atoms with Crippen LogP contribution < -0.4 is 16.0 Å². The number of ether oxygens (including phenoxy) is 1. The summed E-state index contributed by atoms with van der Waals surface area (Å²) >= 11 is 0. The summed E-state index contributed by atoms with van der Waals surface area (Å²) < 4.78 is 19.0. The van der Waals surface area contributed by atoms with Gasteiger partial charge >= 0.3 is 5.69 Å². The lowest BCUT2D eigenvalue weighted by molar-refractivity contribution is -0.383. The highest BCUT2D eigenvalue weighted by molar-refractivity contribution is 5.72. The van der Waals surface area contributed by atoms with Crippen LogP contribution in [0.4, 0.5) is 33.3 Å². The van der Waals surface area contributed by atoms with E-state index in [9.17, 15) is 14.5 Å². The molecule has 0 bridgehead atoms. The first-order valence-electron chi connectivity index (χ1n) is 7.22. The first-order chi connectivity index (χ1) is 11.6. The molecule has 3 rings (SSSR count). The van der Waals surface area contributed by atoms with E-state index in [4.69, 9.17) is 10.5 Å². The van der Waals surface area contributed by atoms with Crippen molar-refractivity contribution in [2.45, 2.75) is 0 Å². The highest BCUT2D eigenvalue weighted by Gasteiger charge is 2.28. The van der Waals surface area contributed by atoms with Crippen LogP contribution in [0.25, 0.3) is 0 Å². The van der Waals surface area contributed by atoms with Crippen molar-refractivity contribution in [2.75, 3.05) is 42.3 Å². The van der Waals surface area contributed by atoms with Crippen molar-refractivity contribution >= 4 is 29.0 Å². The standard InChI is InChI=1S/C14H15FN6O3/c15-9-3-1-2-4-10(9)17-14-18-12(16)11(21(22)23)13(19-14)20-5-7-24-8-6-20/h1-4H,5-8H2,(H3,16,17,18,19). The Labute approximate surface area is 136 Å². The van der Waals surface area contributed by atoms with Gasteiger partial charge in [-0.05, 0) is 12.1 Å². The van der Waals surface area contributed by atoms with Crippen LogP contribution in [0.2, 0.25) is 0 Å². The average Bonchev–Trinajstić information content (AvgIpc) is 2.57. The average molecular weight is 334 g/mol. The maximum Gasteiger partial charge on any atom is 0.353 e. The van der Waals surface area contributed by atoms with Crippen LogP contribution in [-0.4, -0.2) is 41.2 Å². The van der Waals surface area contributed by atoms with Gasteiger partial charge in [-0.2, -0.15) is 9.97 Å². The number of anilines is 4. The Morgan fingerprint density at radius 2 is 2.00 bits per heavy atom. The fourth-order valence-corrected chi connectivity index (χ4v) is 2.37. The van der Waals surface area contributed by atoms with E-state index in [1.807, 2.05) is 0 Å². The van der Waals surface area contributed by atoms with Crippen LogP contribution >= 0.6 is 0 Å². The number of halogens is 1.